The first-order valence-corrected chi connectivity index (χ1v) is 5.38. The number of nitrogens with one attached hydrogen (secondary N) is 1. The summed E-state index contributed by atoms with van der Waals surface area (Å²) >= 11 is 0. The minimum atomic E-state index is -0.425. The molecule has 92 valence electrons. The highest BCUT2D eigenvalue weighted by Gasteiger charge is 2.05. The SMILES string of the molecule is Cc1n[nH]c(C)c1N=Cc1cccc([N+](=O)[O-])c1. The number of nitrogens with zero attached hydrogens (tertiary/aromatic N) is 3. The first kappa shape index (κ1) is 12.0. The molecule has 1 aromatic carbocycles. The van der Waals surface area contributed by atoms with Crippen LogP contribution >= 0.6 is 0 Å². The van der Waals surface area contributed by atoms with Crippen molar-refractivity contribution >= 4 is 17.6 Å². The van der Waals surface area contributed by atoms with E-state index >= 15 is 0 Å². The van der Waals surface area contributed by atoms with Crippen molar-refractivity contribution in [3.63, 3.8) is 0 Å². The molecule has 0 aliphatic carbocycles. The van der Waals surface area contributed by atoms with E-state index in [4.69, 9.17) is 0 Å². The summed E-state index contributed by atoms with van der Waals surface area (Å²) in [4.78, 5) is 14.5. The zero-order chi connectivity index (χ0) is 13.1. The second-order valence-electron chi connectivity index (χ2n) is 3.89. The predicted molar refractivity (Wildman–Crippen MR) is 68.4 cm³/mol. The van der Waals surface area contributed by atoms with Crippen molar-refractivity contribution in [2.45, 2.75) is 13.8 Å². The van der Waals surface area contributed by atoms with Crippen LogP contribution in [0.5, 0.6) is 0 Å². The summed E-state index contributed by atoms with van der Waals surface area (Å²) in [5, 5.41) is 17.5. The molecular formula is C12H12N4O2. The molecule has 0 saturated heterocycles. The summed E-state index contributed by atoms with van der Waals surface area (Å²) in [6.07, 6.45) is 1.60. The molecule has 0 fully saturated rings. The minimum absolute atomic E-state index is 0.0552. The first-order valence-electron chi connectivity index (χ1n) is 5.38. The average molecular weight is 244 g/mol. The molecule has 2 aromatic rings. The Hall–Kier alpha value is -2.50. The Morgan fingerprint density at radius 3 is 2.83 bits per heavy atom. The number of H-pyrrole nitrogens is 1. The third-order valence-electron chi connectivity index (χ3n) is 2.51. The molecule has 6 nitrogen and oxygen atoms in total. The number of nitro groups is 1. The molecule has 1 heterocycles. The Morgan fingerprint density at radius 2 is 2.22 bits per heavy atom. The van der Waals surface area contributed by atoms with E-state index in [1.165, 1.54) is 12.1 Å². The van der Waals surface area contributed by atoms with Crippen LogP contribution in [-0.4, -0.2) is 21.3 Å². The first-order chi connectivity index (χ1) is 8.58. The lowest BCUT2D eigenvalue weighted by atomic mass is 10.2. The number of aliphatic imine (C=N–C) groups is 1. The van der Waals surface area contributed by atoms with Gasteiger partial charge in [-0.1, -0.05) is 12.1 Å². The quantitative estimate of drug-likeness (QED) is 0.511. The molecule has 0 bridgehead atoms. The number of aromatic amines is 1. The highest BCUT2D eigenvalue weighted by atomic mass is 16.6. The summed E-state index contributed by atoms with van der Waals surface area (Å²) in [7, 11) is 0. The maximum Gasteiger partial charge on any atom is 0.270 e. The lowest BCUT2D eigenvalue weighted by Gasteiger charge is -1.95. The van der Waals surface area contributed by atoms with Gasteiger partial charge in [-0.25, -0.2) is 0 Å². The van der Waals surface area contributed by atoms with Gasteiger partial charge < -0.3 is 0 Å². The van der Waals surface area contributed by atoms with Crippen LogP contribution in [0, 0.1) is 24.0 Å². The number of rotatable bonds is 3. The van der Waals surface area contributed by atoms with Gasteiger partial charge in [0.05, 0.1) is 16.3 Å². The molecule has 0 radical (unpaired) electrons. The molecule has 0 saturated carbocycles. The third-order valence-corrected chi connectivity index (χ3v) is 2.51. The number of benzene rings is 1. The van der Waals surface area contributed by atoms with Crippen molar-refractivity contribution in [3.05, 3.63) is 51.3 Å². The largest absolute Gasteiger partial charge is 0.280 e. The summed E-state index contributed by atoms with van der Waals surface area (Å²) < 4.78 is 0. The number of nitro benzene ring substituents is 1. The maximum atomic E-state index is 10.6. The maximum absolute atomic E-state index is 10.6. The van der Waals surface area contributed by atoms with E-state index in [1.807, 2.05) is 13.8 Å². The molecule has 0 amide bonds. The van der Waals surface area contributed by atoms with Crippen LogP contribution in [-0.2, 0) is 0 Å². The number of aromatic nitrogens is 2. The van der Waals surface area contributed by atoms with E-state index < -0.39 is 4.92 Å². The van der Waals surface area contributed by atoms with Crippen LogP contribution in [0.3, 0.4) is 0 Å². The van der Waals surface area contributed by atoms with Gasteiger partial charge in [-0.2, -0.15) is 5.10 Å². The summed E-state index contributed by atoms with van der Waals surface area (Å²) in [6.45, 7) is 3.73. The second-order valence-corrected chi connectivity index (χ2v) is 3.89. The van der Waals surface area contributed by atoms with Crippen LogP contribution < -0.4 is 0 Å². The number of hydrogen-bond donors (Lipinski definition) is 1. The highest BCUT2D eigenvalue weighted by Crippen LogP contribution is 2.20. The van der Waals surface area contributed by atoms with Crippen molar-refractivity contribution in [2.75, 3.05) is 0 Å². The molecule has 0 aliphatic rings. The van der Waals surface area contributed by atoms with Crippen molar-refractivity contribution in [1.29, 1.82) is 0 Å². The lowest BCUT2D eigenvalue weighted by Crippen LogP contribution is -1.89. The van der Waals surface area contributed by atoms with Gasteiger partial charge in [-0.05, 0) is 19.4 Å². The number of non-ortho nitro benzene ring substituents is 1. The van der Waals surface area contributed by atoms with Gasteiger partial charge in [0.1, 0.15) is 5.69 Å². The monoisotopic (exact) mass is 244 g/mol. The number of hydrogen-bond acceptors (Lipinski definition) is 4. The van der Waals surface area contributed by atoms with Crippen LogP contribution in [0.15, 0.2) is 29.3 Å². The molecule has 6 heteroatoms. The molecule has 0 unspecified atom stereocenters. The Bertz CT molecular complexity index is 597. The predicted octanol–water partition coefficient (Wildman–Crippen LogP) is 2.69. The Kier molecular flexibility index (Phi) is 3.18. The summed E-state index contributed by atoms with van der Waals surface area (Å²) in [6, 6.07) is 6.33. The zero-order valence-corrected chi connectivity index (χ0v) is 10.0. The van der Waals surface area contributed by atoms with Crippen LogP contribution in [0.2, 0.25) is 0 Å². The Balaban J connectivity index is 2.29. The fourth-order valence-electron chi connectivity index (χ4n) is 1.59. The fraction of sp³-hybridized carbons (Fsp3) is 0.167. The van der Waals surface area contributed by atoms with Gasteiger partial charge in [0.25, 0.3) is 5.69 Å². The van der Waals surface area contributed by atoms with Gasteiger partial charge in [0, 0.05) is 18.3 Å². The van der Waals surface area contributed by atoms with E-state index in [1.54, 1.807) is 18.3 Å². The van der Waals surface area contributed by atoms with Gasteiger partial charge >= 0.3 is 0 Å². The van der Waals surface area contributed by atoms with Gasteiger partial charge in [0.2, 0.25) is 0 Å². The van der Waals surface area contributed by atoms with Crippen LogP contribution in [0.1, 0.15) is 17.0 Å². The molecule has 0 atom stereocenters. The second kappa shape index (κ2) is 4.79. The standard InChI is InChI=1S/C12H12N4O2/c1-8-12(9(2)15-14-8)13-7-10-4-3-5-11(6-10)16(17)18/h3-7H,1-2H3,(H,14,15). The van der Waals surface area contributed by atoms with Crippen molar-refractivity contribution in [2.24, 2.45) is 4.99 Å². The average Bonchev–Trinajstić information content (AvgIpc) is 2.67. The smallest absolute Gasteiger partial charge is 0.270 e. The highest BCUT2D eigenvalue weighted by molar-refractivity contribution is 5.83. The third kappa shape index (κ3) is 2.42. The zero-order valence-electron chi connectivity index (χ0n) is 10.0. The van der Waals surface area contributed by atoms with Crippen molar-refractivity contribution < 1.29 is 4.92 Å². The van der Waals surface area contributed by atoms with E-state index in [-0.39, 0.29) is 5.69 Å². The molecule has 1 aromatic heterocycles. The van der Waals surface area contributed by atoms with Crippen molar-refractivity contribution in [3.8, 4) is 0 Å². The van der Waals surface area contributed by atoms with Crippen LogP contribution in [0.25, 0.3) is 0 Å². The summed E-state index contributed by atoms with van der Waals surface area (Å²) in [5.74, 6) is 0. The normalized spacial score (nSPS) is 11.0. The van der Waals surface area contributed by atoms with E-state index in [0.717, 1.165) is 17.1 Å². The Morgan fingerprint density at radius 1 is 1.44 bits per heavy atom. The summed E-state index contributed by atoms with van der Waals surface area (Å²) in [5.41, 5.74) is 3.17. The van der Waals surface area contributed by atoms with Gasteiger partial charge in [0.15, 0.2) is 0 Å². The molecule has 2 rings (SSSR count). The van der Waals surface area contributed by atoms with Crippen molar-refractivity contribution in [1.82, 2.24) is 10.2 Å². The minimum Gasteiger partial charge on any atom is -0.280 e. The van der Waals surface area contributed by atoms with E-state index in [9.17, 15) is 10.1 Å². The van der Waals surface area contributed by atoms with E-state index in [0.29, 0.717) is 5.56 Å². The molecular weight excluding hydrogens is 232 g/mol. The topological polar surface area (TPSA) is 84.2 Å². The van der Waals surface area contributed by atoms with E-state index in [2.05, 4.69) is 15.2 Å². The number of aryl methyl sites for hydroxylation is 2. The van der Waals surface area contributed by atoms with Gasteiger partial charge in [-0.3, -0.25) is 20.2 Å². The molecule has 18 heavy (non-hydrogen) atoms. The lowest BCUT2D eigenvalue weighted by molar-refractivity contribution is -0.384. The molecule has 0 aliphatic heterocycles. The van der Waals surface area contributed by atoms with Crippen LogP contribution in [0.4, 0.5) is 11.4 Å². The van der Waals surface area contributed by atoms with Gasteiger partial charge in [-0.15, -0.1) is 0 Å². The Labute approximate surface area is 104 Å². The molecule has 1 N–H and O–H groups in total. The molecule has 0 spiro atoms. The fourth-order valence-corrected chi connectivity index (χ4v) is 1.59.